The average molecular weight is 254 g/mol. The molecule has 1 aliphatic rings. The first-order valence-corrected chi connectivity index (χ1v) is 6.12. The Balaban J connectivity index is 2.27. The molecule has 1 heterocycles. The minimum absolute atomic E-state index is 0.00317. The van der Waals surface area contributed by atoms with Gasteiger partial charge in [-0.2, -0.15) is 0 Å². The molecule has 2 rings (SSSR count). The second-order valence-corrected chi connectivity index (χ2v) is 4.74. The Morgan fingerprint density at radius 1 is 1.53 bits per heavy atom. The number of halogens is 1. The van der Waals surface area contributed by atoms with Crippen LogP contribution in [0.5, 0.6) is 0 Å². The number of ether oxygens (including phenoxy) is 1. The molecular formula is C13H16ClNO2. The Labute approximate surface area is 106 Å². The number of rotatable bonds is 2. The van der Waals surface area contributed by atoms with Gasteiger partial charge in [0, 0.05) is 23.8 Å². The normalized spacial score (nSPS) is 20.4. The number of anilines is 1. The van der Waals surface area contributed by atoms with Crippen LogP contribution in [0.4, 0.5) is 5.69 Å². The summed E-state index contributed by atoms with van der Waals surface area (Å²) in [6, 6.07) is 5.94. The molecule has 1 fully saturated rings. The Hall–Kier alpha value is -1.06. The maximum absolute atomic E-state index is 11.3. The number of Topliss-reactive ketones (excluding diaryl/α,β-unsaturated/α-hetero) is 1. The fourth-order valence-corrected chi connectivity index (χ4v) is 2.39. The van der Waals surface area contributed by atoms with Crippen molar-refractivity contribution in [1.29, 1.82) is 0 Å². The summed E-state index contributed by atoms with van der Waals surface area (Å²) in [5.74, 6) is -0.00317. The minimum atomic E-state index is -0.00317. The lowest BCUT2D eigenvalue weighted by molar-refractivity contribution is 0.0988. The summed E-state index contributed by atoms with van der Waals surface area (Å²) in [6.45, 7) is 5.96. The zero-order valence-corrected chi connectivity index (χ0v) is 10.8. The second kappa shape index (κ2) is 5.07. The SMILES string of the molecule is CC(=O)c1ccc(N2CCOCC2C)cc1Cl. The van der Waals surface area contributed by atoms with Gasteiger partial charge in [0.05, 0.1) is 18.2 Å². The number of morpholine rings is 1. The topological polar surface area (TPSA) is 29.5 Å². The molecule has 0 radical (unpaired) electrons. The van der Waals surface area contributed by atoms with Crippen LogP contribution in [-0.2, 0) is 4.74 Å². The molecule has 1 aliphatic heterocycles. The van der Waals surface area contributed by atoms with Gasteiger partial charge in [-0.15, -0.1) is 0 Å². The molecule has 1 aromatic rings. The van der Waals surface area contributed by atoms with Gasteiger partial charge in [-0.1, -0.05) is 11.6 Å². The molecule has 3 nitrogen and oxygen atoms in total. The van der Waals surface area contributed by atoms with Crippen LogP contribution in [0.1, 0.15) is 24.2 Å². The third-order valence-corrected chi connectivity index (χ3v) is 3.34. The van der Waals surface area contributed by atoms with E-state index in [2.05, 4.69) is 11.8 Å². The highest BCUT2D eigenvalue weighted by Crippen LogP contribution is 2.26. The van der Waals surface area contributed by atoms with Crippen LogP contribution in [0.2, 0.25) is 5.02 Å². The van der Waals surface area contributed by atoms with E-state index in [1.54, 1.807) is 6.07 Å². The first-order valence-electron chi connectivity index (χ1n) is 5.74. The van der Waals surface area contributed by atoms with E-state index in [0.29, 0.717) is 16.6 Å². The van der Waals surface area contributed by atoms with Crippen LogP contribution < -0.4 is 4.90 Å². The molecule has 0 amide bonds. The average Bonchev–Trinajstić information content (AvgIpc) is 2.29. The summed E-state index contributed by atoms with van der Waals surface area (Å²) in [4.78, 5) is 13.5. The number of carbonyl (C=O) groups is 1. The molecule has 0 aromatic heterocycles. The molecule has 4 heteroatoms. The Bertz CT molecular complexity index is 433. The molecule has 1 atom stereocenters. The molecule has 0 spiro atoms. The van der Waals surface area contributed by atoms with E-state index in [4.69, 9.17) is 16.3 Å². The van der Waals surface area contributed by atoms with Gasteiger partial charge in [0.15, 0.2) is 5.78 Å². The van der Waals surface area contributed by atoms with E-state index < -0.39 is 0 Å². The maximum atomic E-state index is 11.3. The summed E-state index contributed by atoms with van der Waals surface area (Å²) in [5, 5.41) is 0.522. The molecule has 1 unspecified atom stereocenters. The number of nitrogens with zero attached hydrogens (tertiary/aromatic N) is 1. The van der Waals surface area contributed by atoms with Crippen LogP contribution in [-0.4, -0.2) is 31.6 Å². The predicted molar refractivity (Wildman–Crippen MR) is 69.1 cm³/mol. The highest BCUT2D eigenvalue weighted by atomic mass is 35.5. The van der Waals surface area contributed by atoms with Crippen molar-refractivity contribution in [3.05, 3.63) is 28.8 Å². The monoisotopic (exact) mass is 253 g/mol. The maximum Gasteiger partial charge on any atom is 0.161 e. The number of carbonyl (C=O) groups excluding carboxylic acids is 1. The molecular weight excluding hydrogens is 238 g/mol. The number of hydrogen-bond donors (Lipinski definition) is 0. The van der Waals surface area contributed by atoms with Gasteiger partial charge in [0.25, 0.3) is 0 Å². The van der Waals surface area contributed by atoms with E-state index in [1.807, 2.05) is 12.1 Å². The Morgan fingerprint density at radius 2 is 2.29 bits per heavy atom. The van der Waals surface area contributed by atoms with Crippen molar-refractivity contribution in [2.24, 2.45) is 0 Å². The summed E-state index contributed by atoms with van der Waals surface area (Å²) in [6.07, 6.45) is 0. The molecule has 92 valence electrons. The molecule has 1 saturated heterocycles. The van der Waals surface area contributed by atoms with Gasteiger partial charge in [0.2, 0.25) is 0 Å². The largest absolute Gasteiger partial charge is 0.377 e. The van der Waals surface area contributed by atoms with Crippen molar-refractivity contribution in [1.82, 2.24) is 0 Å². The molecule has 1 aromatic carbocycles. The third kappa shape index (κ3) is 2.61. The summed E-state index contributed by atoms with van der Waals surface area (Å²) >= 11 is 6.11. The van der Waals surface area contributed by atoms with Gasteiger partial charge in [-0.25, -0.2) is 0 Å². The highest BCUT2D eigenvalue weighted by Gasteiger charge is 2.20. The van der Waals surface area contributed by atoms with Crippen LogP contribution in [0.25, 0.3) is 0 Å². The fourth-order valence-electron chi connectivity index (χ4n) is 2.08. The first kappa shape index (κ1) is 12.4. The quantitative estimate of drug-likeness (QED) is 0.759. The summed E-state index contributed by atoms with van der Waals surface area (Å²) in [5.41, 5.74) is 1.63. The van der Waals surface area contributed by atoms with Gasteiger partial charge in [-0.05, 0) is 32.0 Å². The van der Waals surface area contributed by atoms with Crippen LogP contribution in [0.3, 0.4) is 0 Å². The van der Waals surface area contributed by atoms with E-state index in [1.165, 1.54) is 6.92 Å². The van der Waals surface area contributed by atoms with Crippen molar-refractivity contribution in [2.75, 3.05) is 24.7 Å². The predicted octanol–water partition coefficient (Wildman–Crippen LogP) is 2.77. The lowest BCUT2D eigenvalue weighted by Gasteiger charge is -2.35. The number of ketones is 1. The molecule has 0 N–H and O–H groups in total. The van der Waals surface area contributed by atoms with Crippen LogP contribution >= 0.6 is 11.6 Å². The molecule has 0 aliphatic carbocycles. The summed E-state index contributed by atoms with van der Waals surface area (Å²) in [7, 11) is 0. The highest BCUT2D eigenvalue weighted by molar-refractivity contribution is 6.34. The van der Waals surface area contributed by atoms with E-state index in [0.717, 1.165) is 25.4 Å². The van der Waals surface area contributed by atoms with E-state index >= 15 is 0 Å². The lowest BCUT2D eigenvalue weighted by Crippen LogP contribution is -2.43. The lowest BCUT2D eigenvalue weighted by atomic mass is 10.1. The Kier molecular flexibility index (Phi) is 3.69. The van der Waals surface area contributed by atoms with E-state index in [-0.39, 0.29) is 5.78 Å². The molecule has 0 saturated carbocycles. The van der Waals surface area contributed by atoms with Gasteiger partial charge < -0.3 is 9.64 Å². The third-order valence-electron chi connectivity index (χ3n) is 3.03. The number of hydrogen-bond acceptors (Lipinski definition) is 3. The molecule has 17 heavy (non-hydrogen) atoms. The summed E-state index contributed by atoms with van der Waals surface area (Å²) < 4.78 is 5.40. The van der Waals surface area contributed by atoms with Gasteiger partial charge in [-0.3, -0.25) is 4.79 Å². The fraction of sp³-hybridized carbons (Fsp3) is 0.462. The zero-order chi connectivity index (χ0) is 12.4. The van der Waals surface area contributed by atoms with Crippen molar-refractivity contribution in [3.63, 3.8) is 0 Å². The van der Waals surface area contributed by atoms with Crippen LogP contribution in [0, 0.1) is 0 Å². The van der Waals surface area contributed by atoms with Crippen molar-refractivity contribution < 1.29 is 9.53 Å². The number of benzene rings is 1. The second-order valence-electron chi connectivity index (χ2n) is 4.34. The molecule has 0 bridgehead atoms. The van der Waals surface area contributed by atoms with Crippen molar-refractivity contribution in [3.8, 4) is 0 Å². The van der Waals surface area contributed by atoms with Gasteiger partial charge >= 0.3 is 0 Å². The van der Waals surface area contributed by atoms with Crippen molar-refractivity contribution in [2.45, 2.75) is 19.9 Å². The van der Waals surface area contributed by atoms with E-state index in [9.17, 15) is 4.79 Å². The zero-order valence-electron chi connectivity index (χ0n) is 10.1. The Morgan fingerprint density at radius 3 is 2.88 bits per heavy atom. The van der Waals surface area contributed by atoms with Crippen molar-refractivity contribution >= 4 is 23.1 Å². The standard InChI is InChI=1S/C13H16ClNO2/c1-9-8-17-6-5-15(9)11-3-4-12(10(2)16)13(14)7-11/h3-4,7,9H,5-6,8H2,1-2H3. The first-order chi connectivity index (χ1) is 8.09. The van der Waals surface area contributed by atoms with Gasteiger partial charge in [0.1, 0.15) is 0 Å². The van der Waals surface area contributed by atoms with Crippen LogP contribution in [0.15, 0.2) is 18.2 Å². The minimum Gasteiger partial charge on any atom is -0.377 e. The smallest absolute Gasteiger partial charge is 0.161 e.